The summed E-state index contributed by atoms with van der Waals surface area (Å²) in [6.07, 6.45) is 5.46. The van der Waals surface area contributed by atoms with Gasteiger partial charge in [0.25, 0.3) is 0 Å². The topological polar surface area (TPSA) is 38.7 Å². The highest BCUT2D eigenvalue weighted by Crippen LogP contribution is 2.23. The summed E-state index contributed by atoms with van der Waals surface area (Å²) in [4.78, 5) is 13.4. The van der Waals surface area contributed by atoms with Gasteiger partial charge in [0.1, 0.15) is 0 Å². The summed E-state index contributed by atoms with van der Waals surface area (Å²) < 4.78 is 0. The second kappa shape index (κ2) is 5.21. The third-order valence-electron chi connectivity index (χ3n) is 3.16. The van der Waals surface area contributed by atoms with E-state index in [0.717, 1.165) is 33.8 Å². The van der Waals surface area contributed by atoms with Gasteiger partial charge in [-0.25, -0.2) is 4.98 Å². The molecule has 0 saturated heterocycles. The van der Waals surface area contributed by atoms with Gasteiger partial charge in [-0.1, -0.05) is 30.3 Å². The zero-order valence-electron chi connectivity index (χ0n) is 11.5. The van der Waals surface area contributed by atoms with Gasteiger partial charge >= 0.3 is 0 Å². The predicted molar refractivity (Wildman–Crippen MR) is 80.2 cm³/mol. The highest BCUT2D eigenvalue weighted by atomic mass is 14.8. The van der Waals surface area contributed by atoms with Crippen molar-refractivity contribution in [3.63, 3.8) is 0 Å². The van der Waals surface area contributed by atoms with Gasteiger partial charge in [0.15, 0.2) is 0 Å². The van der Waals surface area contributed by atoms with Crippen LogP contribution in [0.3, 0.4) is 0 Å². The Balaban J connectivity index is 2.04. The molecule has 3 heteroatoms. The van der Waals surface area contributed by atoms with Crippen LogP contribution in [0.25, 0.3) is 22.5 Å². The number of aromatic nitrogens is 3. The molecule has 0 aliphatic carbocycles. The van der Waals surface area contributed by atoms with Crippen molar-refractivity contribution in [3.05, 3.63) is 66.2 Å². The Morgan fingerprint density at radius 1 is 0.850 bits per heavy atom. The monoisotopic (exact) mass is 261 g/mol. The Kier molecular flexibility index (Phi) is 3.25. The number of hydrogen-bond donors (Lipinski definition) is 0. The Morgan fingerprint density at radius 2 is 1.65 bits per heavy atom. The lowest BCUT2D eigenvalue weighted by Gasteiger charge is -2.07. The number of benzene rings is 1. The normalized spacial score (nSPS) is 10.5. The fourth-order valence-corrected chi connectivity index (χ4v) is 2.20. The lowest BCUT2D eigenvalue weighted by atomic mass is 10.1. The zero-order chi connectivity index (χ0) is 13.9. The van der Waals surface area contributed by atoms with Crippen molar-refractivity contribution in [1.29, 1.82) is 0 Å². The van der Waals surface area contributed by atoms with E-state index in [1.807, 2.05) is 62.8 Å². The molecule has 0 radical (unpaired) electrons. The Bertz CT molecular complexity index is 736. The summed E-state index contributed by atoms with van der Waals surface area (Å²) in [6.45, 7) is 4.01. The summed E-state index contributed by atoms with van der Waals surface area (Å²) >= 11 is 0. The van der Waals surface area contributed by atoms with Crippen LogP contribution in [0.4, 0.5) is 0 Å². The average Bonchev–Trinajstić information content (AvgIpc) is 2.48. The molecule has 0 saturated carbocycles. The SMILES string of the molecule is Cc1cncc(-c2cnc(-c3ccccc3)c(C)n2)c1. The molecule has 0 unspecified atom stereocenters. The molecule has 0 amide bonds. The van der Waals surface area contributed by atoms with Crippen molar-refractivity contribution in [1.82, 2.24) is 15.0 Å². The summed E-state index contributed by atoms with van der Waals surface area (Å²) in [7, 11) is 0. The molecule has 0 bridgehead atoms. The minimum absolute atomic E-state index is 0.860. The van der Waals surface area contributed by atoms with Crippen LogP contribution in [-0.4, -0.2) is 15.0 Å². The van der Waals surface area contributed by atoms with Crippen LogP contribution in [0.2, 0.25) is 0 Å². The average molecular weight is 261 g/mol. The summed E-state index contributed by atoms with van der Waals surface area (Å²) in [5, 5.41) is 0. The third kappa shape index (κ3) is 2.43. The Labute approximate surface area is 118 Å². The van der Waals surface area contributed by atoms with Crippen LogP contribution in [-0.2, 0) is 0 Å². The first kappa shape index (κ1) is 12.5. The van der Waals surface area contributed by atoms with Gasteiger partial charge in [-0.3, -0.25) is 9.97 Å². The van der Waals surface area contributed by atoms with E-state index >= 15 is 0 Å². The largest absolute Gasteiger partial charge is 0.264 e. The molecule has 98 valence electrons. The molecule has 3 nitrogen and oxygen atoms in total. The maximum atomic E-state index is 4.66. The van der Waals surface area contributed by atoms with Gasteiger partial charge < -0.3 is 0 Å². The zero-order valence-corrected chi connectivity index (χ0v) is 11.5. The van der Waals surface area contributed by atoms with E-state index < -0.39 is 0 Å². The van der Waals surface area contributed by atoms with Crippen molar-refractivity contribution >= 4 is 0 Å². The van der Waals surface area contributed by atoms with Crippen LogP contribution < -0.4 is 0 Å². The van der Waals surface area contributed by atoms with Crippen LogP contribution in [0.1, 0.15) is 11.3 Å². The lowest BCUT2D eigenvalue weighted by molar-refractivity contribution is 1.12. The highest BCUT2D eigenvalue weighted by molar-refractivity contribution is 5.65. The Hall–Kier alpha value is -2.55. The second-order valence-electron chi connectivity index (χ2n) is 4.81. The third-order valence-corrected chi connectivity index (χ3v) is 3.16. The number of rotatable bonds is 2. The van der Waals surface area contributed by atoms with Gasteiger partial charge in [0.2, 0.25) is 0 Å². The van der Waals surface area contributed by atoms with Crippen molar-refractivity contribution in [3.8, 4) is 22.5 Å². The standard InChI is InChI=1S/C17H15N3/c1-12-8-15(10-18-9-12)16-11-19-17(13(2)20-16)14-6-4-3-5-7-14/h3-11H,1-2H3. The van der Waals surface area contributed by atoms with Crippen molar-refractivity contribution in [2.45, 2.75) is 13.8 Å². The van der Waals surface area contributed by atoms with E-state index in [4.69, 9.17) is 0 Å². The van der Waals surface area contributed by atoms with Gasteiger partial charge in [-0.2, -0.15) is 0 Å². The van der Waals surface area contributed by atoms with E-state index in [2.05, 4.69) is 21.0 Å². The minimum atomic E-state index is 0.860. The predicted octanol–water partition coefficient (Wildman–Crippen LogP) is 3.82. The van der Waals surface area contributed by atoms with E-state index in [9.17, 15) is 0 Å². The van der Waals surface area contributed by atoms with E-state index in [1.165, 1.54) is 0 Å². The van der Waals surface area contributed by atoms with Crippen LogP contribution >= 0.6 is 0 Å². The maximum absolute atomic E-state index is 4.66. The van der Waals surface area contributed by atoms with Crippen LogP contribution in [0, 0.1) is 13.8 Å². The molecule has 20 heavy (non-hydrogen) atoms. The quantitative estimate of drug-likeness (QED) is 0.704. The summed E-state index contributed by atoms with van der Waals surface area (Å²) in [6, 6.07) is 12.2. The van der Waals surface area contributed by atoms with Gasteiger partial charge in [0.05, 0.1) is 23.3 Å². The number of nitrogens with zero attached hydrogens (tertiary/aromatic N) is 3. The molecule has 0 N–H and O–H groups in total. The van der Waals surface area contributed by atoms with Crippen LogP contribution in [0.15, 0.2) is 55.0 Å². The second-order valence-corrected chi connectivity index (χ2v) is 4.81. The number of pyridine rings is 1. The molecule has 0 aliphatic rings. The maximum Gasteiger partial charge on any atom is 0.0914 e. The molecule has 3 aromatic rings. The fourth-order valence-electron chi connectivity index (χ4n) is 2.20. The highest BCUT2D eigenvalue weighted by Gasteiger charge is 2.07. The molecular weight excluding hydrogens is 246 g/mol. The molecule has 2 aromatic heterocycles. The van der Waals surface area contributed by atoms with Crippen molar-refractivity contribution < 1.29 is 0 Å². The van der Waals surface area contributed by atoms with E-state index in [0.29, 0.717) is 0 Å². The Morgan fingerprint density at radius 3 is 2.35 bits per heavy atom. The van der Waals surface area contributed by atoms with Gasteiger partial charge in [-0.15, -0.1) is 0 Å². The molecule has 1 aromatic carbocycles. The van der Waals surface area contributed by atoms with E-state index in [1.54, 1.807) is 0 Å². The molecule has 0 atom stereocenters. The smallest absolute Gasteiger partial charge is 0.0914 e. The summed E-state index contributed by atoms with van der Waals surface area (Å²) in [5.41, 5.74) is 5.92. The van der Waals surface area contributed by atoms with Gasteiger partial charge in [-0.05, 0) is 25.5 Å². The number of aryl methyl sites for hydroxylation is 2. The molecule has 0 fully saturated rings. The van der Waals surface area contributed by atoms with Crippen LogP contribution in [0.5, 0.6) is 0 Å². The minimum Gasteiger partial charge on any atom is -0.264 e. The van der Waals surface area contributed by atoms with Crippen molar-refractivity contribution in [2.75, 3.05) is 0 Å². The molecule has 0 aliphatic heterocycles. The fraction of sp³-hybridized carbons (Fsp3) is 0.118. The molecular formula is C17H15N3. The summed E-state index contributed by atoms with van der Waals surface area (Å²) in [5.74, 6) is 0. The number of hydrogen-bond acceptors (Lipinski definition) is 3. The first-order valence-electron chi connectivity index (χ1n) is 6.55. The molecule has 0 spiro atoms. The lowest BCUT2D eigenvalue weighted by Crippen LogP contribution is -1.95. The molecule has 2 heterocycles. The molecule has 3 rings (SSSR count). The first-order valence-corrected chi connectivity index (χ1v) is 6.55. The first-order chi connectivity index (χ1) is 9.74. The van der Waals surface area contributed by atoms with Crippen molar-refractivity contribution in [2.24, 2.45) is 0 Å². The van der Waals surface area contributed by atoms with Gasteiger partial charge in [0, 0.05) is 23.5 Å². The van der Waals surface area contributed by atoms with E-state index in [-0.39, 0.29) is 0 Å².